The van der Waals surface area contributed by atoms with E-state index >= 15 is 0 Å². The molecule has 4 heterocycles. The largest absolute Gasteiger partial charge is 0.135 e. The Morgan fingerprint density at radius 2 is 0.554 bits per heavy atom. The molecule has 264 valence electrons. The van der Waals surface area contributed by atoms with Crippen molar-refractivity contribution in [3.63, 3.8) is 0 Å². The number of benzene rings is 8. The van der Waals surface area contributed by atoms with Crippen molar-refractivity contribution in [3.05, 3.63) is 168 Å². The lowest BCUT2D eigenvalue weighted by Gasteiger charge is -2.02. The molecule has 0 saturated heterocycles. The average molecular weight is 785 g/mol. The second-order valence-corrected chi connectivity index (χ2v) is 19.4. The summed E-state index contributed by atoms with van der Waals surface area (Å²) in [5, 5.41) is 10.8. The van der Waals surface area contributed by atoms with Gasteiger partial charge < -0.3 is 0 Å². The highest BCUT2D eigenvalue weighted by Gasteiger charge is 2.14. The second-order valence-electron chi connectivity index (χ2n) is 15.1. The third-order valence-electron chi connectivity index (χ3n) is 11.4. The molecule has 4 heteroatoms. The summed E-state index contributed by atoms with van der Waals surface area (Å²) in [6.07, 6.45) is 4.53. The van der Waals surface area contributed by atoms with Crippen molar-refractivity contribution in [1.82, 2.24) is 0 Å². The molecule has 0 spiro atoms. The number of hydrogen-bond donors (Lipinski definition) is 0. The first-order chi connectivity index (χ1) is 27.5. The summed E-state index contributed by atoms with van der Waals surface area (Å²) in [5.74, 6) is 0. The lowest BCUT2D eigenvalue weighted by molar-refractivity contribution is 1.47. The van der Waals surface area contributed by atoms with E-state index in [-0.39, 0.29) is 0 Å². The molecular formula is C52H32S4. The Labute approximate surface area is 339 Å². The molecule has 12 aromatic rings. The molecule has 0 atom stereocenters. The highest BCUT2D eigenvalue weighted by molar-refractivity contribution is 7.28. The highest BCUT2D eigenvalue weighted by atomic mass is 32.1. The van der Waals surface area contributed by atoms with Crippen LogP contribution in [-0.2, 0) is 0 Å². The summed E-state index contributed by atoms with van der Waals surface area (Å²) in [7, 11) is 0. The smallest absolute Gasteiger partial charge is 0.0362 e. The van der Waals surface area contributed by atoms with Gasteiger partial charge in [0.15, 0.2) is 0 Å². The lowest BCUT2D eigenvalue weighted by atomic mass is 10.0. The van der Waals surface area contributed by atoms with Gasteiger partial charge in [0, 0.05) is 80.7 Å². The van der Waals surface area contributed by atoms with Crippen LogP contribution in [-0.4, -0.2) is 0 Å². The minimum absolute atomic E-state index is 1.23. The van der Waals surface area contributed by atoms with E-state index < -0.39 is 0 Å². The van der Waals surface area contributed by atoms with Crippen LogP contribution in [0, 0.1) is 13.8 Å². The first-order valence-corrected chi connectivity index (χ1v) is 22.2. The van der Waals surface area contributed by atoms with Crippen LogP contribution in [0.2, 0.25) is 0 Å². The molecule has 0 nitrogen and oxygen atoms in total. The van der Waals surface area contributed by atoms with Gasteiger partial charge in [0.2, 0.25) is 0 Å². The normalized spacial score (nSPS) is 12.4. The van der Waals surface area contributed by atoms with E-state index in [4.69, 9.17) is 0 Å². The molecule has 0 bridgehead atoms. The third-order valence-corrected chi connectivity index (χ3v) is 15.9. The van der Waals surface area contributed by atoms with Gasteiger partial charge in [0.05, 0.1) is 0 Å². The summed E-state index contributed by atoms with van der Waals surface area (Å²) in [6, 6.07) is 55.1. The Morgan fingerprint density at radius 1 is 0.268 bits per heavy atom. The SMILES string of the molecule is Cc1ccc(-c2ccc3c(c2)sc2cc4c(cc23)sc2cc(/C=C/c3ccc5c(c3)sc3cc6c(cc35)sc3cc(-c5ccc(C)cc5)ccc36)ccc24)cc1. The summed E-state index contributed by atoms with van der Waals surface area (Å²) >= 11 is 7.62. The van der Waals surface area contributed by atoms with Crippen molar-refractivity contribution in [3.8, 4) is 22.3 Å². The van der Waals surface area contributed by atoms with Crippen LogP contribution in [0.5, 0.6) is 0 Å². The van der Waals surface area contributed by atoms with Crippen molar-refractivity contribution < 1.29 is 0 Å². The molecular weight excluding hydrogens is 753 g/mol. The summed E-state index contributed by atoms with van der Waals surface area (Å²) in [5.41, 5.74) is 10.1. The topological polar surface area (TPSA) is 0 Å². The van der Waals surface area contributed by atoms with Crippen molar-refractivity contribution in [2.24, 2.45) is 0 Å². The van der Waals surface area contributed by atoms with Crippen LogP contribution in [0.4, 0.5) is 0 Å². The standard InChI is InChI=1S/C52H32S4/c1-29-3-11-33(12-4-29)35-15-19-39-43-27-49-41(25-51(43)55-47(39)23-35)37-17-9-31(21-45(37)53-49)7-8-32-10-18-38-42-26-52-44(28-50(42)54-46(38)22-32)40-20-16-36(24-48(40)56-52)34-13-5-30(2)6-14-34/h3-28H,1-2H3/b8-7+. The van der Waals surface area contributed by atoms with Crippen molar-refractivity contribution >= 4 is 138 Å². The van der Waals surface area contributed by atoms with E-state index in [2.05, 4.69) is 172 Å². The fraction of sp³-hybridized carbons (Fsp3) is 0.0385. The molecule has 0 aliphatic heterocycles. The quantitative estimate of drug-likeness (QED) is 0.156. The molecule has 8 aromatic carbocycles. The van der Waals surface area contributed by atoms with Crippen LogP contribution in [0.25, 0.3) is 115 Å². The monoisotopic (exact) mass is 784 g/mol. The zero-order chi connectivity index (χ0) is 37.1. The maximum atomic E-state index is 2.42. The van der Waals surface area contributed by atoms with Gasteiger partial charge >= 0.3 is 0 Å². The Kier molecular flexibility index (Phi) is 7.24. The lowest BCUT2D eigenvalue weighted by Crippen LogP contribution is -1.78. The minimum atomic E-state index is 1.23. The molecule has 0 saturated carbocycles. The van der Waals surface area contributed by atoms with Gasteiger partial charge in [-0.2, -0.15) is 0 Å². The number of fused-ring (bicyclic) bond motifs is 12. The Bertz CT molecular complexity index is 3340. The predicted octanol–water partition coefficient (Wildman–Crippen LogP) is 17.3. The average Bonchev–Trinajstić information content (AvgIpc) is 3.97. The minimum Gasteiger partial charge on any atom is -0.135 e. The van der Waals surface area contributed by atoms with Gasteiger partial charge in [-0.1, -0.05) is 120 Å². The second kappa shape index (κ2) is 12.4. The number of thiophene rings is 4. The Balaban J connectivity index is 0.846. The first kappa shape index (κ1) is 32.6. The summed E-state index contributed by atoms with van der Waals surface area (Å²) in [4.78, 5) is 0. The molecule has 0 amide bonds. The summed E-state index contributed by atoms with van der Waals surface area (Å²) in [6.45, 7) is 4.28. The fourth-order valence-electron chi connectivity index (χ4n) is 8.37. The zero-order valence-electron chi connectivity index (χ0n) is 30.6. The van der Waals surface area contributed by atoms with Crippen molar-refractivity contribution in [1.29, 1.82) is 0 Å². The molecule has 12 rings (SSSR count). The van der Waals surface area contributed by atoms with Crippen LogP contribution in [0.15, 0.2) is 146 Å². The molecule has 4 aromatic heterocycles. The molecule has 0 aliphatic rings. The summed E-state index contributed by atoms with van der Waals surface area (Å²) < 4.78 is 10.8. The van der Waals surface area contributed by atoms with Gasteiger partial charge in [0.1, 0.15) is 0 Å². The first-order valence-electron chi connectivity index (χ1n) is 18.9. The van der Waals surface area contributed by atoms with Crippen LogP contribution in [0.1, 0.15) is 22.3 Å². The molecule has 0 N–H and O–H groups in total. The zero-order valence-corrected chi connectivity index (χ0v) is 33.9. The van der Waals surface area contributed by atoms with Gasteiger partial charge in [-0.15, -0.1) is 45.3 Å². The predicted molar refractivity (Wildman–Crippen MR) is 254 cm³/mol. The van der Waals surface area contributed by atoms with E-state index in [1.54, 1.807) is 0 Å². The van der Waals surface area contributed by atoms with Crippen LogP contribution >= 0.6 is 45.3 Å². The van der Waals surface area contributed by atoms with Gasteiger partial charge in [-0.25, -0.2) is 0 Å². The maximum Gasteiger partial charge on any atom is 0.0362 e. The number of rotatable bonds is 4. The van der Waals surface area contributed by atoms with E-state index in [1.807, 2.05) is 45.3 Å². The van der Waals surface area contributed by atoms with E-state index in [9.17, 15) is 0 Å². The van der Waals surface area contributed by atoms with Crippen LogP contribution < -0.4 is 0 Å². The van der Waals surface area contributed by atoms with E-state index in [0.717, 1.165) is 0 Å². The maximum absolute atomic E-state index is 2.42. The number of hydrogen-bond acceptors (Lipinski definition) is 4. The Hall–Kier alpha value is -5.62. The van der Waals surface area contributed by atoms with Gasteiger partial charge in [-0.05, 0) is 95.8 Å². The molecule has 0 aliphatic carbocycles. The molecule has 0 radical (unpaired) electrons. The molecule has 56 heavy (non-hydrogen) atoms. The highest BCUT2D eigenvalue weighted by Crippen LogP contribution is 2.45. The fourth-order valence-corrected chi connectivity index (χ4v) is 13.1. The van der Waals surface area contributed by atoms with E-state index in [1.165, 1.54) is 125 Å². The Morgan fingerprint density at radius 3 is 0.911 bits per heavy atom. The van der Waals surface area contributed by atoms with Gasteiger partial charge in [0.25, 0.3) is 0 Å². The number of aryl methyl sites for hydroxylation is 2. The van der Waals surface area contributed by atoms with Crippen LogP contribution in [0.3, 0.4) is 0 Å². The van der Waals surface area contributed by atoms with Crippen molar-refractivity contribution in [2.45, 2.75) is 13.8 Å². The van der Waals surface area contributed by atoms with E-state index in [0.29, 0.717) is 0 Å². The third kappa shape index (κ3) is 5.28. The van der Waals surface area contributed by atoms with Gasteiger partial charge in [-0.3, -0.25) is 0 Å². The molecule has 0 unspecified atom stereocenters. The molecule has 0 fully saturated rings. The van der Waals surface area contributed by atoms with Crippen molar-refractivity contribution in [2.75, 3.05) is 0 Å².